The molecule has 0 aromatic heterocycles. The maximum absolute atomic E-state index is 13.0. The molecule has 1 unspecified atom stereocenters. The Morgan fingerprint density at radius 2 is 1.85 bits per heavy atom. The molecule has 1 atom stereocenters. The number of carbonyl (C=O) groups is 2. The van der Waals surface area contributed by atoms with E-state index in [0.717, 1.165) is 19.3 Å². The number of benzene rings is 1. The van der Waals surface area contributed by atoms with Crippen molar-refractivity contribution in [1.29, 1.82) is 0 Å². The van der Waals surface area contributed by atoms with Crippen molar-refractivity contribution in [3.05, 3.63) is 29.3 Å². The molecule has 150 valence electrons. The highest BCUT2D eigenvalue weighted by Crippen LogP contribution is 2.27. The summed E-state index contributed by atoms with van der Waals surface area (Å²) in [5, 5.41) is 5.56. The van der Waals surface area contributed by atoms with Gasteiger partial charge in [0.1, 0.15) is 0 Å². The number of piperidine rings is 1. The van der Waals surface area contributed by atoms with Gasteiger partial charge in [-0.2, -0.15) is 4.31 Å². The number of halogens is 1. The van der Waals surface area contributed by atoms with Gasteiger partial charge >= 0.3 is 11.8 Å². The van der Waals surface area contributed by atoms with Crippen LogP contribution in [-0.2, 0) is 19.6 Å². The Hall–Kier alpha value is -1.64. The van der Waals surface area contributed by atoms with Gasteiger partial charge in [0.05, 0.1) is 4.90 Å². The molecule has 0 bridgehead atoms. The summed E-state index contributed by atoms with van der Waals surface area (Å²) in [6.07, 6.45) is 2.90. The summed E-state index contributed by atoms with van der Waals surface area (Å²) in [6.45, 7) is 4.22. The highest BCUT2D eigenvalue weighted by atomic mass is 35.5. The van der Waals surface area contributed by atoms with Crippen LogP contribution in [0.25, 0.3) is 0 Å². The van der Waals surface area contributed by atoms with E-state index >= 15 is 0 Å². The van der Waals surface area contributed by atoms with Gasteiger partial charge in [-0.05, 0) is 57.4 Å². The molecule has 0 saturated carbocycles. The summed E-state index contributed by atoms with van der Waals surface area (Å²) >= 11 is 5.85. The van der Waals surface area contributed by atoms with Crippen LogP contribution in [0.2, 0.25) is 5.02 Å². The number of amides is 2. The van der Waals surface area contributed by atoms with Gasteiger partial charge in [0.25, 0.3) is 0 Å². The summed E-state index contributed by atoms with van der Waals surface area (Å²) in [4.78, 5) is 23.6. The Morgan fingerprint density at radius 1 is 1.19 bits per heavy atom. The van der Waals surface area contributed by atoms with Crippen LogP contribution < -0.4 is 10.6 Å². The maximum Gasteiger partial charge on any atom is 0.309 e. The Bertz CT molecular complexity index is 765. The van der Waals surface area contributed by atoms with Crippen molar-refractivity contribution >= 4 is 33.4 Å². The molecule has 2 rings (SSSR count). The molecule has 0 spiro atoms. The number of hydrogen-bond donors (Lipinski definition) is 2. The third-order valence-corrected chi connectivity index (χ3v) is 6.60. The van der Waals surface area contributed by atoms with Crippen LogP contribution in [0.15, 0.2) is 29.2 Å². The minimum Gasteiger partial charge on any atom is -0.348 e. The normalized spacial score (nSPS) is 18.3. The molecule has 0 aliphatic carbocycles. The van der Waals surface area contributed by atoms with Crippen molar-refractivity contribution in [2.45, 2.75) is 56.5 Å². The van der Waals surface area contributed by atoms with Crippen molar-refractivity contribution in [3.63, 3.8) is 0 Å². The van der Waals surface area contributed by atoms with Crippen LogP contribution in [0.5, 0.6) is 0 Å². The highest BCUT2D eigenvalue weighted by Gasteiger charge is 2.33. The number of rotatable bonds is 6. The molecular weight excluding hydrogens is 390 g/mol. The van der Waals surface area contributed by atoms with Crippen LogP contribution >= 0.6 is 11.6 Å². The van der Waals surface area contributed by atoms with Gasteiger partial charge in [-0.15, -0.1) is 0 Å². The predicted octanol–water partition coefficient (Wildman–Crippen LogP) is 1.91. The molecule has 1 saturated heterocycles. The van der Waals surface area contributed by atoms with Crippen molar-refractivity contribution in [2.24, 2.45) is 0 Å². The van der Waals surface area contributed by atoms with E-state index in [9.17, 15) is 18.0 Å². The van der Waals surface area contributed by atoms with Gasteiger partial charge in [0, 0.05) is 30.2 Å². The smallest absolute Gasteiger partial charge is 0.309 e. The molecule has 7 nitrogen and oxygen atoms in total. The van der Waals surface area contributed by atoms with E-state index in [1.165, 1.54) is 16.4 Å². The van der Waals surface area contributed by atoms with Gasteiger partial charge < -0.3 is 10.6 Å². The zero-order chi connectivity index (χ0) is 20.0. The Morgan fingerprint density at radius 3 is 2.48 bits per heavy atom. The lowest BCUT2D eigenvalue weighted by molar-refractivity contribution is -0.139. The van der Waals surface area contributed by atoms with Crippen LogP contribution in [0.3, 0.4) is 0 Å². The Kier molecular flexibility index (Phi) is 7.64. The summed E-state index contributed by atoms with van der Waals surface area (Å²) < 4.78 is 27.4. The Balaban J connectivity index is 1.99. The third kappa shape index (κ3) is 5.92. The second-order valence-electron chi connectivity index (χ2n) is 6.89. The lowest BCUT2D eigenvalue weighted by Gasteiger charge is -2.34. The van der Waals surface area contributed by atoms with Gasteiger partial charge in [0.2, 0.25) is 10.0 Å². The maximum atomic E-state index is 13.0. The Labute approximate surface area is 165 Å². The predicted molar refractivity (Wildman–Crippen MR) is 104 cm³/mol. The average molecular weight is 416 g/mol. The standard InChI is InChI=1S/C18H26ClN3O4S/c1-13(2)21-18(24)17(23)20-11-10-15-5-3-4-12-22(15)27(25,26)16-8-6-14(19)7-9-16/h6-9,13,15H,3-5,10-12H2,1-2H3,(H,20,23)(H,21,24). The van der Waals surface area contributed by atoms with Crippen LogP contribution in [0, 0.1) is 0 Å². The molecular formula is C18H26ClN3O4S. The van der Waals surface area contributed by atoms with Crippen molar-refractivity contribution in [2.75, 3.05) is 13.1 Å². The monoisotopic (exact) mass is 415 g/mol. The topological polar surface area (TPSA) is 95.6 Å². The van der Waals surface area contributed by atoms with Crippen LogP contribution in [0.4, 0.5) is 0 Å². The lowest BCUT2D eigenvalue weighted by Crippen LogP contribution is -2.47. The zero-order valence-corrected chi connectivity index (χ0v) is 17.1. The van der Waals surface area contributed by atoms with E-state index in [1.807, 2.05) is 0 Å². The number of carbonyl (C=O) groups excluding carboxylic acids is 2. The molecule has 9 heteroatoms. The van der Waals surface area contributed by atoms with Gasteiger partial charge in [-0.25, -0.2) is 8.42 Å². The fraction of sp³-hybridized carbons (Fsp3) is 0.556. The molecule has 1 heterocycles. The first-order chi connectivity index (χ1) is 12.7. The molecule has 1 aliphatic rings. The molecule has 1 aromatic rings. The minimum atomic E-state index is -3.63. The summed E-state index contributed by atoms with van der Waals surface area (Å²) in [7, 11) is -3.63. The van der Waals surface area contributed by atoms with Crippen LogP contribution in [-0.4, -0.2) is 49.7 Å². The number of hydrogen-bond acceptors (Lipinski definition) is 4. The highest BCUT2D eigenvalue weighted by molar-refractivity contribution is 7.89. The summed E-state index contributed by atoms with van der Waals surface area (Å²) in [5.41, 5.74) is 0. The van der Waals surface area contributed by atoms with E-state index in [0.29, 0.717) is 18.0 Å². The van der Waals surface area contributed by atoms with E-state index in [4.69, 9.17) is 11.6 Å². The van der Waals surface area contributed by atoms with Crippen molar-refractivity contribution in [1.82, 2.24) is 14.9 Å². The molecule has 1 aliphatic heterocycles. The van der Waals surface area contributed by atoms with Crippen molar-refractivity contribution < 1.29 is 18.0 Å². The summed E-state index contributed by atoms with van der Waals surface area (Å²) in [5.74, 6) is -1.38. The van der Waals surface area contributed by atoms with E-state index < -0.39 is 21.8 Å². The first-order valence-corrected chi connectivity index (χ1v) is 10.9. The van der Waals surface area contributed by atoms with Crippen molar-refractivity contribution in [3.8, 4) is 0 Å². The average Bonchev–Trinajstić information content (AvgIpc) is 2.61. The van der Waals surface area contributed by atoms with Gasteiger partial charge in [0.15, 0.2) is 0 Å². The van der Waals surface area contributed by atoms with Gasteiger partial charge in [-0.1, -0.05) is 18.0 Å². The number of nitrogens with one attached hydrogen (secondary N) is 2. The third-order valence-electron chi connectivity index (χ3n) is 4.38. The quantitative estimate of drug-likeness (QED) is 0.694. The van der Waals surface area contributed by atoms with E-state index in [1.54, 1.807) is 26.0 Å². The second-order valence-corrected chi connectivity index (χ2v) is 9.22. The lowest BCUT2D eigenvalue weighted by atomic mass is 10.0. The molecule has 2 amide bonds. The largest absolute Gasteiger partial charge is 0.348 e. The molecule has 1 aromatic carbocycles. The van der Waals surface area contributed by atoms with Gasteiger partial charge in [-0.3, -0.25) is 9.59 Å². The first kappa shape index (κ1) is 21.7. The minimum absolute atomic E-state index is 0.124. The van der Waals surface area contributed by atoms with Crippen LogP contribution in [0.1, 0.15) is 39.5 Å². The fourth-order valence-electron chi connectivity index (χ4n) is 3.08. The zero-order valence-electron chi connectivity index (χ0n) is 15.6. The molecule has 1 fully saturated rings. The number of sulfonamides is 1. The molecule has 27 heavy (non-hydrogen) atoms. The summed E-state index contributed by atoms with van der Waals surface area (Å²) in [6, 6.07) is 5.78. The second kappa shape index (κ2) is 9.52. The molecule has 0 radical (unpaired) electrons. The first-order valence-electron chi connectivity index (χ1n) is 9.08. The molecule has 2 N–H and O–H groups in total. The number of nitrogens with zero attached hydrogens (tertiary/aromatic N) is 1. The SMILES string of the molecule is CC(C)NC(=O)C(=O)NCCC1CCCCN1S(=O)(=O)c1ccc(Cl)cc1. The van der Waals surface area contributed by atoms with E-state index in [2.05, 4.69) is 10.6 Å². The fourth-order valence-corrected chi connectivity index (χ4v) is 4.93. The van der Waals surface area contributed by atoms with E-state index in [-0.39, 0.29) is 23.5 Å².